The van der Waals surface area contributed by atoms with Crippen LogP contribution in [-0.2, 0) is 0 Å². The zero-order valence-electron chi connectivity index (χ0n) is 11.4. The van der Waals surface area contributed by atoms with Crippen LogP contribution in [0.3, 0.4) is 0 Å². The summed E-state index contributed by atoms with van der Waals surface area (Å²) in [5.74, 6) is 1.11. The van der Waals surface area contributed by atoms with Crippen molar-refractivity contribution < 1.29 is 0 Å². The first kappa shape index (κ1) is 12.9. The van der Waals surface area contributed by atoms with E-state index in [1.165, 1.54) is 16.4 Å². The lowest BCUT2D eigenvalue weighted by Gasteiger charge is -2.09. The normalized spacial score (nSPS) is 18.6. The highest BCUT2D eigenvalue weighted by Crippen LogP contribution is 2.25. The van der Waals surface area contributed by atoms with Gasteiger partial charge < -0.3 is 4.90 Å². The van der Waals surface area contributed by atoms with E-state index >= 15 is 0 Å². The average Bonchev–Trinajstić information content (AvgIpc) is 3.12. The van der Waals surface area contributed by atoms with Gasteiger partial charge in [0.1, 0.15) is 0 Å². The number of allylic oxidation sites excluding steroid dienone is 1. The van der Waals surface area contributed by atoms with Gasteiger partial charge in [0.2, 0.25) is 0 Å². The van der Waals surface area contributed by atoms with Gasteiger partial charge in [0, 0.05) is 19.3 Å². The van der Waals surface area contributed by atoms with E-state index in [0.29, 0.717) is 0 Å². The second-order valence-electron chi connectivity index (χ2n) is 4.93. The monoisotopic (exact) mass is 315 g/mol. The maximum atomic E-state index is 12.5. The summed E-state index contributed by atoms with van der Waals surface area (Å²) in [6.45, 7) is 1.06. The fourth-order valence-electron chi connectivity index (χ4n) is 2.46. The van der Waals surface area contributed by atoms with E-state index in [2.05, 4.69) is 16.9 Å². The Morgan fingerprint density at radius 1 is 1.29 bits per heavy atom. The van der Waals surface area contributed by atoms with E-state index in [4.69, 9.17) is 0 Å². The molecule has 21 heavy (non-hydrogen) atoms. The molecule has 106 valence electrons. The molecule has 4 rings (SSSR count). The van der Waals surface area contributed by atoms with E-state index in [0.717, 1.165) is 32.8 Å². The molecule has 0 unspecified atom stereocenters. The molecule has 1 aliphatic rings. The number of thiazole rings is 1. The molecule has 0 atom stereocenters. The number of hydrogen-bond acceptors (Lipinski definition) is 5. The highest BCUT2D eigenvalue weighted by molar-refractivity contribution is 8.03. The van der Waals surface area contributed by atoms with Crippen molar-refractivity contribution in [3.63, 3.8) is 0 Å². The molecule has 1 aromatic carbocycles. The van der Waals surface area contributed by atoms with Crippen LogP contribution in [0.15, 0.2) is 40.2 Å². The van der Waals surface area contributed by atoms with E-state index in [1.54, 1.807) is 4.40 Å². The molecule has 0 radical (unpaired) electrons. The Morgan fingerprint density at radius 2 is 2.14 bits per heavy atom. The number of fused-ring (bicyclic) bond motifs is 3. The molecule has 0 saturated carbocycles. The Bertz CT molecular complexity index is 970. The summed E-state index contributed by atoms with van der Waals surface area (Å²) in [6.07, 6.45) is 3.95. The predicted molar refractivity (Wildman–Crippen MR) is 89.7 cm³/mol. The third kappa shape index (κ3) is 2.06. The zero-order valence-corrected chi connectivity index (χ0v) is 13.1. The molecule has 1 saturated heterocycles. The topological polar surface area (TPSA) is 37.6 Å². The van der Waals surface area contributed by atoms with E-state index in [1.807, 2.05) is 48.2 Å². The predicted octanol–water partition coefficient (Wildman–Crippen LogP) is 1.93. The van der Waals surface area contributed by atoms with Crippen molar-refractivity contribution in [2.75, 3.05) is 19.3 Å². The number of nitrogens with zero attached hydrogens (tertiary/aromatic N) is 3. The van der Waals surface area contributed by atoms with Crippen LogP contribution in [0.25, 0.3) is 22.1 Å². The zero-order chi connectivity index (χ0) is 14.4. The summed E-state index contributed by atoms with van der Waals surface area (Å²) in [7, 11) is 2.08. The van der Waals surface area contributed by atoms with E-state index in [-0.39, 0.29) is 5.56 Å². The molecule has 6 heteroatoms. The number of thioether (sulfide) groups is 1. The molecular weight excluding hydrogens is 302 g/mol. The lowest BCUT2D eigenvalue weighted by atomic mass is 10.3. The molecule has 0 bridgehead atoms. The van der Waals surface area contributed by atoms with Crippen LogP contribution >= 0.6 is 23.1 Å². The average molecular weight is 315 g/mol. The fourth-order valence-corrected chi connectivity index (χ4v) is 4.43. The summed E-state index contributed by atoms with van der Waals surface area (Å²) in [4.78, 5) is 20.0. The third-order valence-electron chi connectivity index (χ3n) is 3.58. The van der Waals surface area contributed by atoms with Crippen LogP contribution in [0.4, 0.5) is 0 Å². The fraction of sp³-hybridized carbons (Fsp3) is 0.200. The van der Waals surface area contributed by atoms with Crippen molar-refractivity contribution in [1.29, 1.82) is 0 Å². The lowest BCUT2D eigenvalue weighted by molar-refractivity contribution is 0.493. The molecule has 4 nitrogen and oxygen atoms in total. The number of rotatable bonds is 1. The Hall–Kier alpha value is -1.79. The Labute approximate surface area is 129 Å². The van der Waals surface area contributed by atoms with Gasteiger partial charge in [-0.2, -0.15) is 0 Å². The van der Waals surface area contributed by atoms with Crippen LogP contribution in [0.1, 0.15) is 0 Å². The number of imidazole rings is 1. The van der Waals surface area contributed by atoms with Crippen molar-refractivity contribution >= 4 is 45.2 Å². The van der Waals surface area contributed by atoms with Crippen LogP contribution in [0.2, 0.25) is 0 Å². The van der Waals surface area contributed by atoms with Crippen molar-refractivity contribution in [3.8, 4) is 0 Å². The molecule has 1 aliphatic heterocycles. The maximum Gasteiger partial charge on any atom is 0.274 e. The van der Waals surface area contributed by atoms with Crippen molar-refractivity contribution in [2.45, 2.75) is 0 Å². The molecular formula is C15H13N3OS2. The molecule has 0 amide bonds. The first-order valence-corrected chi connectivity index (χ1v) is 8.50. The van der Waals surface area contributed by atoms with Crippen LogP contribution in [-0.4, -0.2) is 33.6 Å². The van der Waals surface area contributed by atoms with Crippen molar-refractivity contribution in [3.05, 3.63) is 50.3 Å². The molecule has 1 fully saturated rings. The Kier molecular flexibility index (Phi) is 3.01. The minimum atomic E-state index is 0.0196. The summed E-state index contributed by atoms with van der Waals surface area (Å²) in [6, 6.07) is 7.74. The molecule has 0 spiro atoms. The van der Waals surface area contributed by atoms with Crippen LogP contribution in [0.5, 0.6) is 0 Å². The molecule has 0 N–H and O–H groups in total. The maximum absolute atomic E-state index is 12.5. The highest BCUT2D eigenvalue weighted by Gasteiger charge is 2.13. The SMILES string of the molecule is CN1CCSC1=C/C=c1/sc2nc3ccccc3n2c1=O. The quantitative estimate of drug-likeness (QED) is 0.688. The first-order chi connectivity index (χ1) is 10.2. The molecule has 3 heterocycles. The van der Waals surface area contributed by atoms with Gasteiger partial charge in [0.15, 0.2) is 4.96 Å². The highest BCUT2D eigenvalue weighted by atomic mass is 32.2. The second kappa shape index (κ2) is 4.89. The van der Waals surface area contributed by atoms with Gasteiger partial charge in [-0.3, -0.25) is 4.79 Å². The van der Waals surface area contributed by atoms with Crippen molar-refractivity contribution in [1.82, 2.24) is 14.3 Å². The van der Waals surface area contributed by atoms with E-state index < -0.39 is 0 Å². The third-order valence-corrected chi connectivity index (χ3v) is 5.69. The van der Waals surface area contributed by atoms with E-state index in [9.17, 15) is 4.79 Å². The number of benzene rings is 1. The van der Waals surface area contributed by atoms with Gasteiger partial charge in [-0.1, -0.05) is 23.5 Å². The Morgan fingerprint density at radius 3 is 2.95 bits per heavy atom. The molecule has 2 aromatic heterocycles. The standard InChI is InChI=1S/C15H13N3OS2/c1-17-8-9-20-13(17)7-6-12-14(19)18-11-5-3-2-4-10(11)16-15(18)21-12/h2-7H,8-9H2,1H3/b12-6+,13-7?. The summed E-state index contributed by atoms with van der Waals surface area (Å²) in [5.41, 5.74) is 1.77. The van der Waals surface area contributed by atoms with Crippen LogP contribution in [0, 0.1) is 0 Å². The van der Waals surface area contributed by atoms with Gasteiger partial charge in [-0.15, -0.1) is 11.8 Å². The number of para-hydroxylation sites is 2. The van der Waals surface area contributed by atoms with Gasteiger partial charge in [-0.05, 0) is 24.3 Å². The van der Waals surface area contributed by atoms with Gasteiger partial charge in [0.05, 0.1) is 20.6 Å². The minimum Gasteiger partial charge on any atom is -0.369 e. The summed E-state index contributed by atoms with van der Waals surface area (Å²) < 4.78 is 2.44. The summed E-state index contributed by atoms with van der Waals surface area (Å²) in [5, 5.41) is 1.21. The first-order valence-electron chi connectivity index (χ1n) is 6.70. The Balaban J connectivity index is 1.91. The molecule has 0 aliphatic carbocycles. The second-order valence-corrected chi connectivity index (χ2v) is 7.06. The number of aromatic nitrogens is 2. The summed E-state index contributed by atoms with van der Waals surface area (Å²) >= 11 is 3.27. The van der Waals surface area contributed by atoms with Crippen LogP contribution < -0.4 is 10.1 Å². The minimum absolute atomic E-state index is 0.0196. The van der Waals surface area contributed by atoms with Gasteiger partial charge in [0.25, 0.3) is 5.56 Å². The van der Waals surface area contributed by atoms with Crippen molar-refractivity contribution in [2.24, 2.45) is 0 Å². The largest absolute Gasteiger partial charge is 0.369 e. The van der Waals surface area contributed by atoms with Gasteiger partial charge >= 0.3 is 0 Å². The van der Waals surface area contributed by atoms with Gasteiger partial charge in [-0.25, -0.2) is 9.38 Å². The number of hydrogen-bond donors (Lipinski definition) is 0. The lowest BCUT2D eigenvalue weighted by Crippen LogP contribution is -2.22. The smallest absolute Gasteiger partial charge is 0.274 e. The molecule has 3 aromatic rings.